The van der Waals surface area contributed by atoms with Crippen LogP contribution in [-0.2, 0) is 19.3 Å². The van der Waals surface area contributed by atoms with Crippen LogP contribution in [0, 0.1) is 24.7 Å². The molecule has 0 radical (unpaired) electrons. The summed E-state index contributed by atoms with van der Waals surface area (Å²) >= 11 is 3.45. The van der Waals surface area contributed by atoms with Gasteiger partial charge in [0, 0.05) is 29.4 Å². The molecule has 0 aliphatic heterocycles. The molecule has 1 nitrogen and oxygen atoms in total. The second kappa shape index (κ2) is 10.1. The molecule has 27 heavy (non-hydrogen) atoms. The van der Waals surface area contributed by atoms with E-state index in [1.807, 2.05) is 12.1 Å². The standard InChI is InChI=1S/C24H23NS2/c1-3-21-10-12-23(26-21)15-18-25(17-14-20-8-6-5-7-9-20)19-16-24-13-11-22(4-2)27-24/h1-2,5-13H,14-19H2. The monoisotopic (exact) mass is 389 g/mol. The zero-order valence-electron chi connectivity index (χ0n) is 15.4. The van der Waals surface area contributed by atoms with E-state index in [0.29, 0.717) is 0 Å². The van der Waals surface area contributed by atoms with E-state index in [0.717, 1.165) is 48.7 Å². The molecular formula is C24H23NS2. The highest BCUT2D eigenvalue weighted by molar-refractivity contribution is 7.12. The largest absolute Gasteiger partial charge is 0.302 e. The Balaban J connectivity index is 1.58. The summed E-state index contributed by atoms with van der Waals surface area (Å²) in [6, 6.07) is 19.1. The van der Waals surface area contributed by atoms with Gasteiger partial charge in [0.25, 0.3) is 0 Å². The third-order valence-electron chi connectivity index (χ3n) is 4.52. The minimum absolute atomic E-state index is 1.02. The highest BCUT2D eigenvalue weighted by Crippen LogP contribution is 2.18. The molecule has 0 spiro atoms. The smallest absolute Gasteiger partial charge is 0.0768 e. The molecule has 1 aromatic carbocycles. The molecule has 0 N–H and O–H groups in total. The van der Waals surface area contributed by atoms with E-state index in [1.165, 1.54) is 15.3 Å². The quantitative estimate of drug-likeness (QED) is 0.460. The predicted molar refractivity (Wildman–Crippen MR) is 119 cm³/mol. The summed E-state index contributed by atoms with van der Waals surface area (Å²) < 4.78 is 0. The fourth-order valence-electron chi connectivity index (χ4n) is 2.98. The maximum Gasteiger partial charge on any atom is 0.0768 e. The first-order valence-corrected chi connectivity index (χ1v) is 10.8. The molecule has 0 amide bonds. The van der Waals surface area contributed by atoms with Crippen LogP contribution in [0.4, 0.5) is 0 Å². The van der Waals surface area contributed by atoms with Crippen molar-refractivity contribution in [2.24, 2.45) is 0 Å². The van der Waals surface area contributed by atoms with Crippen molar-refractivity contribution in [2.45, 2.75) is 19.3 Å². The van der Waals surface area contributed by atoms with E-state index in [9.17, 15) is 0 Å². The highest BCUT2D eigenvalue weighted by atomic mass is 32.1. The van der Waals surface area contributed by atoms with Gasteiger partial charge < -0.3 is 4.90 Å². The third-order valence-corrected chi connectivity index (χ3v) is 6.67. The molecule has 3 heteroatoms. The first-order chi connectivity index (χ1) is 13.3. The fourth-order valence-corrected chi connectivity index (χ4v) is 4.60. The number of hydrogen-bond donors (Lipinski definition) is 0. The Kier molecular flexibility index (Phi) is 7.31. The summed E-state index contributed by atoms with van der Waals surface area (Å²) in [6.07, 6.45) is 14.1. The molecule has 2 heterocycles. The van der Waals surface area contributed by atoms with Gasteiger partial charge in [-0.25, -0.2) is 0 Å². The fraction of sp³-hybridized carbons (Fsp3) is 0.250. The van der Waals surface area contributed by atoms with Gasteiger partial charge in [-0.05, 0) is 49.1 Å². The SMILES string of the molecule is C#Cc1ccc(CCN(CCc2ccccc2)CCc2ccc(C#C)s2)s1. The third kappa shape index (κ3) is 6.12. The zero-order chi connectivity index (χ0) is 18.9. The van der Waals surface area contributed by atoms with Crippen molar-refractivity contribution in [3.05, 3.63) is 79.7 Å². The van der Waals surface area contributed by atoms with Crippen LogP contribution in [0.3, 0.4) is 0 Å². The van der Waals surface area contributed by atoms with Crippen molar-refractivity contribution in [3.63, 3.8) is 0 Å². The van der Waals surface area contributed by atoms with Crippen LogP contribution in [0.1, 0.15) is 25.1 Å². The van der Waals surface area contributed by atoms with Crippen molar-refractivity contribution < 1.29 is 0 Å². The summed E-state index contributed by atoms with van der Waals surface area (Å²) in [6.45, 7) is 3.15. The van der Waals surface area contributed by atoms with Crippen molar-refractivity contribution in [2.75, 3.05) is 19.6 Å². The van der Waals surface area contributed by atoms with Crippen LogP contribution in [-0.4, -0.2) is 24.5 Å². The Labute approximate surface area is 170 Å². The van der Waals surface area contributed by atoms with Gasteiger partial charge in [0.05, 0.1) is 9.75 Å². The molecular weight excluding hydrogens is 366 g/mol. The molecule has 136 valence electrons. The van der Waals surface area contributed by atoms with Crippen LogP contribution in [0.2, 0.25) is 0 Å². The average molecular weight is 390 g/mol. The van der Waals surface area contributed by atoms with E-state index in [2.05, 4.69) is 59.2 Å². The summed E-state index contributed by atoms with van der Waals surface area (Å²) in [5.41, 5.74) is 1.39. The number of benzene rings is 1. The maximum absolute atomic E-state index is 5.49. The lowest BCUT2D eigenvalue weighted by Gasteiger charge is -2.22. The predicted octanol–water partition coefficient (Wildman–Crippen LogP) is 5.10. The molecule has 0 saturated carbocycles. The normalized spacial score (nSPS) is 10.6. The lowest BCUT2D eigenvalue weighted by molar-refractivity contribution is 0.285. The minimum atomic E-state index is 1.02. The molecule has 0 bridgehead atoms. The molecule has 0 fully saturated rings. The maximum atomic E-state index is 5.49. The molecule has 0 atom stereocenters. The van der Waals surface area contributed by atoms with E-state index >= 15 is 0 Å². The van der Waals surface area contributed by atoms with E-state index < -0.39 is 0 Å². The first-order valence-electron chi connectivity index (χ1n) is 9.14. The van der Waals surface area contributed by atoms with E-state index in [1.54, 1.807) is 22.7 Å². The Morgan fingerprint density at radius 2 is 1.19 bits per heavy atom. The number of terminal acetylenes is 2. The van der Waals surface area contributed by atoms with Crippen molar-refractivity contribution >= 4 is 22.7 Å². The van der Waals surface area contributed by atoms with Crippen molar-refractivity contribution in [1.29, 1.82) is 0 Å². The van der Waals surface area contributed by atoms with Gasteiger partial charge in [0.15, 0.2) is 0 Å². The second-order valence-corrected chi connectivity index (χ2v) is 8.73. The molecule has 0 aliphatic rings. The van der Waals surface area contributed by atoms with Gasteiger partial charge >= 0.3 is 0 Å². The molecule has 3 aromatic rings. The van der Waals surface area contributed by atoms with Gasteiger partial charge in [-0.2, -0.15) is 0 Å². The van der Waals surface area contributed by atoms with Crippen molar-refractivity contribution in [3.8, 4) is 24.7 Å². The van der Waals surface area contributed by atoms with Gasteiger partial charge in [-0.1, -0.05) is 42.2 Å². The Morgan fingerprint density at radius 3 is 1.67 bits per heavy atom. The molecule has 2 aromatic heterocycles. The Bertz CT molecular complexity index is 865. The van der Waals surface area contributed by atoms with Gasteiger partial charge in [-0.3, -0.25) is 0 Å². The Morgan fingerprint density at radius 1 is 0.667 bits per heavy atom. The summed E-state index contributed by atoms with van der Waals surface area (Å²) in [5.74, 6) is 5.45. The van der Waals surface area contributed by atoms with Gasteiger partial charge in [0.2, 0.25) is 0 Å². The number of rotatable bonds is 9. The summed E-state index contributed by atoms with van der Waals surface area (Å²) in [4.78, 5) is 7.30. The second-order valence-electron chi connectivity index (χ2n) is 6.40. The van der Waals surface area contributed by atoms with Gasteiger partial charge in [0.1, 0.15) is 0 Å². The molecule has 0 aliphatic carbocycles. The van der Waals surface area contributed by atoms with Crippen LogP contribution in [0.25, 0.3) is 0 Å². The van der Waals surface area contributed by atoms with Crippen LogP contribution < -0.4 is 0 Å². The number of nitrogens with zero attached hydrogens (tertiary/aromatic N) is 1. The molecule has 3 rings (SSSR count). The number of thiophene rings is 2. The number of hydrogen-bond acceptors (Lipinski definition) is 3. The van der Waals surface area contributed by atoms with E-state index in [-0.39, 0.29) is 0 Å². The van der Waals surface area contributed by atoms with Crippen LogP contribution in [0.15, 0.2) is 54.6 Å². The lowest BCUT2D eigenvalue weighted by atomic mass is 10.1. The topological polar surface area (TPSA) is 3.24 Å². The van der Waals surface area contributed by atoms with Gasteiger partial charge in [-0.15, -0.1) is 35.5 Å². The van der Waals surface area contributed by atoms with Crippen molar-refractivity contribution in [1.82, 2.24) is 4.90 Å². The molecule has 0 unspecified atom stereocenters. The summed E-state index contributed by atoms with van der Waals surface area (Å²) in [5, 5.41) is 0. The first kappa shape index (κ1) is 19.5. The molecule has 0 saturated heterocycles. The van der Waals surface area contributed by atoms with E-state index in [4.69, 9.17) is 12.8 Å². The highest BCUT2D eigenvalue weighted by Gasteiger charge is 2.09. The minimum Gasteiger partial charge on any atom is -0.302 e. The average Bonchev–Trinajstić information content (AvgIpc) is 3.37. The lowest BCUT2D eigenvalue weighted by Crippen LogP contribution is -2.30. The Hall–Kier alpha value is -2.30. The van der Waals surface area contributed by atoms with Crippen LogP contribution in [0.5, 0.6) is 0 Å². The van der Waals surface area contributed by atoms with Crippen LogP contribution >= 0.6 is 22.7 Å². The summed E-state index contributed by atoms with van der Waals surface area (Å²) in [7, 11) is 0. The zero-order valence-corrected chi connectivity index (χ0v) is 17.0.